The van der Waals surface area contributed by atoms with Crippen molar-refractivity contribution in [1.29, 1.82) is 5.26 Å². The summed E-state index contributed by atoms with van der Waals surface area (Å²) in [5.74, 6) is -2.13. The van der Waals surface area contributed by atoms with Gasteiger partial charge in [0.05, 0.1) is 41.4 Å². The number of carboxylic acids is 1. The Bertz CT molecular complexity index is 1080. The summed E-state index contributed by atoms with van der Waals surface area (Å²) in [5.41, 5.74) is 1.45. The van der Waals surface area contributed by atoms with E-state index in [9.17, 15) is 14.7 Å². The quantitative estimate of drug-likeness (QED) is 0.736. The highest BCUT2D eigenvalue weighted by Crippen LogP contribution is 2.17. The molecule has 3 aromatic rings. The second-order valence-corrected chi connectivity index (χ2v) is 5.68. The molecule has 0 atom stereocenters. The van der Waals surface area contributed by atoms with Crippen LogP contribution < -0.4 is 10.4 Å². The van der Waals surface area contributed by atoms with Crippen molar-refractivity contribution in [2.45, 2.75) is 0 Å². The van der Waals surface area contributed by atoms with Gasteiger partial charge in [0, 0.05) is 5.56 Å². The highest BCUT2D eigenvalue weighted by atomic mass is 16.4. The Morgan fingerprint density at radius 2 is 1.82 bits per heavy atom. The van der Waals surface area contributed by atoms with Crippen LogP contribution in [0.2, 0.25) is 0 Å². The Morgan fingerprint density at radius 3 is 2.46 bits per heavy atom. The van der Waals surface area contributed by atoms with Gasteiger partial charge in [0.1, 0.15) is 5.69 Å². The minimum absolute atomic E-state index is 0.0128. The fourth-order valence-electron chi connectivity index (χ4n) is 2.37. The summed E-state index contributed by atoms with van der Waals surface area (Å²) in [6, 6.07) is 15.3. The van der Waals surface area contributed by atoms with E-state index in [4.69, 9.17) is 5.26 Å². The van der Waals surface area contributed by atoms with E-state index in [2.05, 4.69) is 15.3 Å². The van der Waals surface area contributed by atoms with Crippen molar-refractivity contribution in [3.8, 4) is 6.07 Å². The third-order valence-corrected chi connectivity index (χ3v) is 3.77. The van der Waals surface area contributed by atoms with Gasteiger partial charge in [-0.15, -0.1) is 0 Å². The van der Waals surface area contributed by atoms with Gasteiger partial charge < -0.3 is 15.2 Å². The van der Waals surface area contributed by atoms with Crippen molar-refractivity contribution in [2.75, 3.05) is 5.32 Å². The Morgan fingerprint density at radius 1 is 1.04 bits per heavy atom. The number of rotatable bonds is 5. The first-order valence-electron chi connectivity index (χ1n) is 8.19. The van der Waals surface area contributed by atoms with E-state index in [1.165, 1.54) is 24.5 Å². The van der Waals surface area contributed by atoms with E-state index in [1.807, 2.05) is 42.5 Å². The normalized spacial score (nSPS) is 10.4. The van der Waals surface area contributed by atoms with E-state index in [0.29, 0.717) is 5.69 Å². The number of benzene rings is 2. The molecule has 2 aromatic carbocycles. The zero-order valence-corrected chi connectivity index (χ0v) is 14.5. The third kappa shape index (κ3) is 4.45. The second-order valence-electron chi connectivity index (χ2n) is 5.68. The van der Waals surface area contributed by atoms with Gasteiger partial charge in [-0.2, -0.15) is 5.26 Å². The molecule has 28 heavy (non-hydrogen) atoms. The number of carbonyl (C=O) groups is 2. The molecule has 0 bridgehead atoms. The van der Waals surface area contributed by atoms with Crippen molar-refractivity contribution >= 4 is 29.7 Å². The number of nitrogens with one attached hydrogen (secondary N) is 1. The van der Waals surface area contributed by atoms with Gasteiger partial charge in [-0.1, -0.05) is 36.4 Å². The predicted molar refractivity (Wildman–Crippen MR) is 101 cm³/mol. The Hall–Kier alpha value is -4.31. The lowest BCUT2D eigenvalue weighted by Crippen LogP contribution is -2.25. The molecular weight excluding hydrogens is 356 g/mol. The molecule has 3 rings (SSSR count). The van der Waals surface area contributed by atoms with Gasteiger partial charge in [0.2, 0.25) is 0 Å². The maximum absolute atomic E-state index is 12.3. The minimum atomic E-state index is -1.50. The van der Waals surface area contributed by atoms with Crippen LogP contribution >= 0.6 is 0 Å². The van der Waals surface area contributed by atoms with Gasteiger partial charge in [0.25, 0.3) is 5.91 Å². The van der Waals surface area contributed by atoms with Crippen LogP contribution in [0.4, 0.5) is 5.69 Å². The summed E-state index contributed by atoms with van der Waals surface area (Å²) >= 11 is 0. The minimum Gasteiger partial charge on any atom is -0.545 e. The molecule has 1 amide bonds. The molecule has 7 heteroatoms. The number of hydrogen-bond acceptors (Lipinski definition) is 6. The van der Waals surface area contributed by atoms with Gasteiger partial charge in [-0.3, -0.25) is 9.78 Å². The van der Waals surface area contributed by atoms with E-state index in [0.717, 1.165) is 11.6 Å². The summed E-state index contributed by atoms with van der Waals surface area (Å²) in [6.45, 7) is 0. The smallest absolute Gasteiger partial charge is 0.275 e. The molecule has 0 saturated heterocycles. The molecule has 136 valence electrons. The highest BCUT2D eigenvalue weighted by Gasteiger charge is 2.12. The molecule has 0 aliphatic rings. The zero-order chi connectivity index (χ0) is 19.9. The first-order valence-corrected chi connectivity index (χ1v) is 8.19. The molecule has 0 unspecified atom stereocenters. The molecule has 1 aromatic heterocycles. The van der Waals surface area contributed by atoms with Gasteiger partial charge in [-0.05, 0) is 29.8 Å². The van der Waals surface area contributed by atoms with Crippen LogP contribution in [0.1, 0.15) is 37.7 Å². The third-order valence-electron chi connectivity index (χ3n) is 3.77. The molecule has 0 aliphatic carbocycles. The molecule has 1 heterocycles. The lowest BCUT2D eigenvalue weighted by Gasteiger charge is -2.11. The number of hydrogen-bond donors (Lipinski definition) is 1. The van der Waals surface area contributed by atoms with Crippen molar-refractivity contribution in [3.63, 3.8) is 0 Å². The predicted octanol–water partition coefficient (Wildman–Crippen LogP) is 2.13. The standard InChI is InChI=1S/C21H14N4O3/c22-11-15-7-9-18(17(10-15)21(27)28)25-20(26)19-13-23-16(12-24-19)8-6-14-4-2-1-3-5-14/h1-10,12-13H,(H,25,26)(H,27,28)/p-1/b8-6+. The van der Waals surface area contributed by atoms with Gasteiger partial charge >= 0.3 is 0 Å². The zero-order valence-electron chi connectivity index (χ0n) is 14.5. The van der Waals surface area contributed by atoms with Gasteiger partial charge in [-0.25, -0.2) is 4.98 Å². The van der Waals surface area contributed by atoms with E-state index in [-0.39, 0.29) is 22.5 Å². The van der Waals surface area contributed by atoms with E-state index < -0.39 is 11.9 Å². The molecular formula is C21H13N4O3-. The van der Waals surface area contributed by atoms with E-state index in [1.54, 1.807) is 6.08 Å². The summed E-state index contributed by atoms with van der Waals surface area (Å²) < 4.78 is 0. The summed E-state index contributed by atoms with van der Waals surface area (Å²) in [6.07, 6.45) is 6.36. The molecule has 0 spiro atoms. The molecule has 0 aliphatic heterocycles. The number of amides is 1. The topological polar surface area (TPSA) is 119 Å². The van der Waals surface area contributed by atoms with Crippen molar-refractivity contribution < 1.29 is 14.7 Å². The van der Waals surface area contributed by atoms with Crippen LogP contribution in [-0.2, 0) is 0 Å². The second kappa shape index (κ2) is 8.38. The largest absolute Gasteiger partial charge is 0.545 e. The number of anilines is 1. The average molecular weight is 369 g/mol. The summed E-state index contributed by atoms with van der Waals surface area (Å²) in [4.78, 5) is 31.8. The van der Waals surface area contributed by atoms with E-state index >= 15 is 0 Å². The molecule has 0 fully saturated rings. The Kier molecular flexibility index (Phi) is 5.53. The fourth-order valence-corrected chi connectivity index (χ4v) is 2.37. The molecule has 7 nitrogen and oxygen atoms in total. The lowest BCUT2D eigenvalue weighted by atomic mass is 10.1. The maximum atomic E-state index is 12.3. The number of nitrogens with zero attached hydrogens (tertiary/aromatic N) is 3. The van der Waals surface area contributed by atoms with Crippen LogP contribution in [0.3, 0.4) is 0 Å². The van der Waals surface area contributed by atoms with Crippen molar-refractivity contribution in [2.24, 2.45) is 0 Å². The fraction of sp³-hybridized carbons (Fsp3) is 0. The number of aromatic carboxylic acids is 1. The van der Waals surface area contributed by atoms with Crippen LogP contribution in [0.25, 0.3) is 12.2 Å². The highest BCUT2D eigenvalue weighted by molar-refractivity contribution is 6.06. The number of nitriles is 1. The van der Waals surface area contributed by atoms with Crippen LogP contribution in [-0.4, -0.2) is 21.8 Å². The molecule has 0 radical (unpaired) electrons. The van der Waals surface area contributed by atoms with Crippen molar-refractivity contribution in [3.05, 3.63) is 89.0 Å². The summed E-state index contributed by atoms with van der Waals surface area (Å²) in [7, 11) is 0. The van der Waals surface area contributed by atoms with Gasteiger partial charge in [0.15, 0.2) is 0 Å². The van der Waals surface area contributed by atoms with Crippen molar-refractivity contribution in [1.82, 2.24) is 9.97 Å². The Labute approximate surface area is 160 Å². The average Bonchev–Trinajstić information content (AvgIpc) is 2.73. The Balaban J connectivity index is 1.74. The van der Waals surface area contributed by atoms with Crippen LogP contribution in [0.5, 0.6) is 0 Å². The number of carbonyl (C=O) groups excluding carboxylic acids is 2. The number of aromatic nitrogens is 2. The molecule has 1 N–H and O–H groups in total. The monoisotopic (exact) mass is 369 g/mol. The maximum Gasteiger partial charge on any atom is 0.275 e. The first-order chi connectivity index (χ1) is 13.6. The molecule has 0 saturated carbocycles. The first kappa shape index (κ1) is 18.5. The number of carboxylic acid groups (broad SMARTS) is 1. The lowest BCUT2D eigenvalue weighted by molar-refractivity contribution is -0.254. The van der Waals surface area contributed by atoms with Crippen LogP contribution in [0.15, 0.2) is 60.9 Å². The van der Waals surface area contributed by atoms with Crippen LogP contribution in [0, 0.1) is 11.3 Å². The SMILES string of the molecule is N#Cc1ccc(NC(=O)c2cnc(/C=C/c3ccccc3)cn2)c(C(=O)[O-])c1. The summed E-state index contributed by atoms with van der Waals surface area (Å²) in [5, 5.41) is 22.5.